The van der Waals surface area contributed by atoms with Crippen LogP contribution in [0.1, 0.15) is 20.8 Å². The maximum atomic E-state index is 11.7. The Kier molecular flexibility index (Phi) is 5.11. The molecule has 1 N–H and O–H groups in total. The lowest BCUT2D eigenvalue weighted by Gasteiger charge is -2.16. The van der Waals surface area contributed by atoms with Crippen molar-refractivity contribution in [1.29, 1.82) is 0 Å². The topological polar surface area (TPSA) is 81.5 Å². The molecule has 1 aromatic rings. The number of nitrogens with one attached hydrogen (secondary N) is 1. The lowest BCUT2D eigenvalue weighted by molar-refractivity contribution is -0.386. The van der Waals surface area contributed by atoms with E-state index in [1.807, 2.05) is 13.8 Å². The predicted molar refractivity (Wildman–Crippen MR) is 71.5 cm³/mol. The second kappa shape index (κ2) is 6.38. The van der Waals surface area contributed by atoms with Crippen LogP contribution in [0.15, 0.2) is 18.2 Å². The molecule has 0 radical (unpaired) electrons. The van der Waals surface area contributed by atoms with Crippen molar-refractivity contribution in [1.82, 2.24) is 5.32 Å². The normalized spacial score (nSPS) is 12.1. The number of rotatable bonds is 5. The van der Waals surface area contributed by atoms with Crippen LogP contribution in [0.2, 0.25) is 5.02 Å². The van der Waals surface area contributed by atoms with Gasteiger partial charge in [-0.25, -0.2) is 0 Å². The summed E-state index contributed by atoms with van der Waals surface area (Å²) in [4.78, 5) is 21.9. The number of carbonyl (C=O) groups excluding carboxylic acids is 1. The molecule has 0 bridgehead atoms. The van der Waals surface area contributed by atoms with E-state index in [0.29, 0.717) is 0 Å². The molecule has 0 unspecified atom stereocenters. The van der Waals surface area contributed by atoms with E-state index in [1.54, 1.807) is 0 Å². The molecular formula is C12H15ClN2O4. The van der Waals surface area contributed by atoms with Gasteiger partial charge in [-0.05, 0) is 32.9 Å². The Labute approximate surface area is 115 Å². The quantitative estimate of drug-likeness (QED) is 0.666. The number of ether oxygens (including phenoxy) is 1. The van der Waals surface area contributed by atoms with Gasteiger partial charge >= 0.3 is 5.69 Å². The minimum Gasteiger partial charge on any atom is -0.474 e. The van der Waals surface area contributed by atoms with E-state index in [-0.39, 0.29) is 28.4 Å². The molecule has 0 heterocycles. The summed E-state index contributed by atoms with van der Waals surface area (Å²) >= 11 is 5.69. The Morgan fingerprint density at radius 2 is 2.05 bits per heavy atom. The summed E-state index contributed by atoms with van der Waals surface area (Å²) in [6.45, 7) is 5.15. The lowest BCUT2D eigenvalue weighted by atomic mass is 10.2. The van der Waals surface area contributed by atoms with Gasteiger partial charge < -0.3 is 10.1 Å². The van der Waals surface area contributed by atoms with Crippen LogP contribution in [0.5, 0.6) is 5.75 Å². The Morgan fingerprint density at radius 1 is 1.42 bits per heavy atom. The van der Waals surface area contributed by atoms with E-state index >= 15 is 0 Å². The molecule has 19 heavy (non-hydrogen) atoms. The molecule has 0 spiro atoms. The van der Waals surface area contributed by atoms with Gasteiger partial charge in [-0.1, -0.05) is 11.6 Å². The molecule has 0 aliphatic carbocycles. The molecule has 0 aliphatic heterocycles. The summed E-state index contributed by atoms with van der Waals surface area (Å²) in [5, 5.41) is 13.8. The van der Waals surface area contributed by atoms with Crippen molar-refractivity contribution in [3.63, 3.8) is 0 Å². The number of benzene rings is 1. The third-order valence-electron chi connectivity index (χ3n) is 2.22. The van der Waals surface area contributed by atoms with Gasteiger partial charge in [-0.15, -0.1) is 0 Å². The SMILES string of the molecule is CC(C)NC(=O)[C@@H](C)Oc1ccc(Cl)cc1[N+](=O)[O-]. The fourth-order valence-corrected chi connectivity index (χ4v) is 1.55. The molecule has 0 aromatic heterocycles. The van der Waals surface area contributed by atoms with Crippen molar-refractivity contribution in [2.45, 2.75) is 32.9 Å². The van der Waals surface area contributed by atoms with Crippen molar-refractivity contribution < 1.29 is 14.5 Å². The van der Waals surface area contributed by atoms with E-state index in [2.05, 4.69) is 5.32 Å². The first-order chi connectivity index (χ1) is 8.81. The van der Waals surface area contributed by atoms with Gasteiger partial charge in [-0.2, -0.15) is 0 Å². The molecule has 0 fully saturated rings. The fraction of sp³-hybridized carbons (Fsp3) is 0.417. The molecule has 0 saturated heterocycles. The summed E-state index contributed by atoms with van der Waals surface area (Å²) in [6, 6.07) is 4.00. The number of nitro groups is 1. The monoisotopic (exact) mass is 286 g/mol. The Morgan fingerprint density at radius 3 is 2.58 bits per heavy atom. The number of halogens is 1. The first-order valence-corrected chi connectivity index (χ1v) is 6.10. The molecule has 0 aliphatic rings. The standard InChI is InChI=1S/C12H15ClN2O4/c1-7(2)14-12(16)8(3)19-11-5-4-9(13)6-10(11)15(17)18/h4-8H,1-3H3,(H,14,16)/t8-/m1/s1. The van der Waals surface area contributed by atoms with E-state index in [1.165, 1.54) is 25.1 Å². The highest BCUT2D eigenvalue weighted by Gasteiger charge is 2.21. The van der Waals surface area contributed by atoms with Gasteiger partial charge in [0.25, 0.3) is 5.91 Å². The van der Waals surface area contributed by atoms with Crippen LogP contribution in [-0.4, -0.2) is 23.0 Å². The summed E-state index contributed by atoms with van der Waals surface area (Å²) in [7, 11) is 0. The van der Waals surface area contributed by atoms with Crippen LogP contribution < -0.4 is 10.1 Å². The molecule has 1 atom stereocenters. The predicted octanol–water partition coefficient (Wildman–Crippen LogP) is 2.54. The van der Waals surface area contributed by atoms with Crippen molar-refractivity contribution in [3.8, 4) is 5.75 Å². The molecular weight excluding hydrogens is 272 g/mol. The zero-order chi connectivity index (χ0) is 14.6. The third-order valence-corrected chi connectivity index (χ3v) is 2.46. The van der Waals surface area contributed by atoms with Crippen LogP contribution in [0.4, 0.5) is 5.69 Å². The number of nitro benzene ring substituents is 1. The molecule has 1 amide bonds. The molecule has 0 saturated carbocycles. The average molecular weight is 287 g/mol. The minimum absolute atomic E-state index is 0.0146. The second-order valence-corrected chi connectivity index (χ2v) is 4.73. The number of hydrogen-bond donors (Lipinski definition) is 1. The van der Waals surface area contributed by atoms with Gasteiger partial charge in [-0.3, -0.25) is 14.9 Å². The molecule has 1 aromatic carbocycles. The van der Waals surface area contributed by atoms with Crippen molar-refractivity contribution in [2.24, 2.45) is 0 Å². The van der Waals surface area contributed by atoms with E-state index < -0.39 is 11.0 Å². The van der Waals surface area contributed by atoms with E-state index in [9.17, 15) is 14.9 Å². The van der Waals surface area contributed by atoms with Gasteiger partial charge in [0, 0.05) is 17.1 Å². The highest BCUT2D eigenvalue weighted by Crippen LogP contribution is 2.30. The van der Waals surface area contributed by atoms with Crippen molar-refractivity contribution >= 4 is 23.2 Å². The van der Waals surface area contributed by atoms with Crippen molar-refractivity contribution in [3.05, 3.63) is 33.3 Å². The highest BCUT2D eigenvalue weighted by atomic mass is 35.5. The largest absolute Gasteiger partial charge is 0.474 e. The Bertz CT molecular complexity index is 491. The zero-order valence-corrected chi connectivity index (χ0v) is 11.6. The average Bonchev–Trinajstić information content (AvgIpc) is 2.30. The van der Waals surface area contributed by atoms with Gasteiger partial charge in [0.05, 0.1) is 4.92 Å². The number of hydrogen-bond acceptors (Lipinski definition) is 4. The summed E-state index contributed by atoms with van der Waals surface area (Å²) in [5.74, 6) is -0.319. The third kappa shape index (κ3) is 4.40. The summed E-state index contributed by atoms with van der Waals surface area (Å²) < 4.78 is 5.31. The molecule has 104 valence electrons. The molecule has 6 nitrogen and oxygen atoms in total. The minimum atomic E-state index is -0.831. The number of carbonyl (C=O) groups is 1. The van der Waals surface area contributed by atoms with E-state index in [4.69, 9.17) is 16.3 Å². The van der Waals surface area contributed by atoms with Gasteiger partial charge in [0.1, 0.15) is 0 Å². The second-order valence-electron chi connectivity index (χ2n) is 4.29. The first kappa shape index (κ1) is 15.2. The van der Waals surface area contributed by atoms with Crippen molar-refractivity contribution in [2.75, 3.05) is 0 Å². The Balaban J connectivity index is 2.87. The van der Waals surface area contributed by atoms with Gasteiger partial charge in [0.15, 0.2) is 11.9 Å². The van der Waals surface area contributed by atoms with Crippen LogP contribution in [0.3, 0.4) is 0 Å². The highest BCUT2D eigenvalue weighted by molar-refractivity contribution is 6.30. The van der Waals surface area contributed by atoms with Crippen LogP contribution in [0.25, 0.3) is 0 Å². The molecule has 7 heteroatoms. The maximum absolute atomic E-state index is 11.7. The zero-order valence-electron chi connectivity index (χ0n) is 10.8. The van der Waals surface area contributed by atoms with Gasteiger partial charge in [0.2, 0.25) is 0 Å². The van der Waals surface area contributed by atoms with Crippen LogP contribution in [-0.2, 0) is 4.79 Å². The summed E-state index contributed by atoms with van der Waals surface area (Å²) in [6.07, 6.45) is -0.831. The van der Waals surface area contributed by atoms with Crippen LogP contribution in [0, 0.1) is 10.1 Å². The van der Waals surface area contributed by atoms with Crippen LogP contribution >= 0.6 is 11.6 Å². The lowest BCUT2D eigenvalue weighted by Crippen LogP contribution is -2.40. The smallest absolute Gasteiger partial charge is 0.312 e. The fourth-order valence-electron chi connectivity index (χ4n) is 1.38. The molecule has 1 rings (SSSR count). The maximum Gasteiger partial charge on any atom is 0.312 e. The number of nitrogens with zero attached hydrogens (tertiary/aromatic N) is 1. The Hall–Kier alpha value is -1.82. The number of amides is 1. The summed E-state index contributed by atoms with van der Waals surface area (Å²) in [5.41, 5.74) is -0.267. The van der Waals surface area contributed by atoms with E-state index in [0.717, 1.165) is 0 Å². The first-order valence-electron chi connectivity index (χ1n) is 5.72.